The van der Waals surface area contributed by atoms with Crippen molar-refractivity contribution in [1.82, 2.24) is 4.98 Å². The third-order valence-corrected chi connectivity index (χ3v) is 3.23. The minimum atomic E-state index is -0.845. The molecule has 3 aromatic rings. The molecule has 0 saturated carbocycles. The summed E-state index contributed by atoms with van der Waals surface area (Å²) in [6.45, 7) is 0. The molecule has 0 unspecified atom stereocenters. The second-order valence-electron chi connectivity index (χ2n) is 5.00. The highest BCUT2D eigenvalue weighted by atomic mass is 19.1. The van der Waals surface area contributed by atoms with Crippen molar-refractivity contribution in [3.05, 3.63) is 84.2 Å². The van der Waals surface area contributed by atoms with Gasteiger partial charge in [-0.05, 0) is 36.4 Å². The van der Waals surface area contributed by atoms with Crippen LogP contribution in [0.15, 0.2) is 66.9 Å². The Bertz CT molecular complexity index is 869. The van der Waals surface area contributed by atoms with Crippen LogP contribution in [0.5, 0.6) is 0 Å². The molecule has 1 heterocycles. The van der Waals surface area contributed by atoms with Crippen LogP contribution in [-0.4, -0.2) is 10.9 Å². The molecule has 3 rings (SSSR count). The zero-order valence-corrected chi connectivity index (χ0v) is 12.5. The van der Waals surface area contributed by atoms with Gasteiger partial charge >= 0.3 is 0 Å². The number of para-hydroxylation sites is 1. The predicted molar refractivity (Wildman–Crippen MR) is 88.3 cm³/mol. The molecule has 2 N–H and O–H groups in total. The van der Waals surface area contributed by atoms with Gasteiger partial charge in [-0.1, -0.05) is 18.2 Å². The summed E-state index contributed by atoms with van der Waals surface area (Å²) in [7, 11) is 0. The molecule has 0 aliphatic heterocycles. The van der Waals surface area contributed by atoms with Crippen molar-refractivity contribution in [3.8, 4) is 0 Å². The lowest BCUT2D eigenvalue weighted by Gasteiger charge is -2.09. The van der Waals surface area contributed by atoms with E-state index in [4.69, 9.17) is 0 Å². The highest BCUT2D eigenvalue weighted by Crippen LogP contribution is 2.18. The summed E-state index contributed by atoms with van der Waals surface area (Å²) in [6, 6.07) is 15.6. The van der Waals surface area contributed by atoms with Gasteiger partial charge in [0.15, 0.2) is 0 Å². The third-order valence-electron chi connectivity index (χ3n) is 3.23. The standard InChI is InChI=1S/C18H13F2N3O/c19-12-6-7-16(15(20)10-12)23-18(24)17-11-14(8-9-21-17)22-13-4-2-1-3-5-13/h1-11H,(H,21,22)(H,23,24). The van der Waals surface area contributed by atoms with Crippen molar-refractivity contribution in [2.24, 2.45) is 0 Å². The van der Waals surface area contributed by atoms with Crippen LogP contribution >= 0.6 is 0 Å². The summed E-state index contributed by atoms with van der Waals surface area (Å²) in [5, 5.41) is 5.51. The number of carbonyl (C=O) groups is 1. The van der Waals surface area contributed by atoms with Crippen LogP contribution in [0.4, 0.5) is 25.8 Å². The van der Waals surface area contributed by atoms with E-state index in [-0.39, 0.29) is 11.4 Å². The lowest BCUT2D eigenvalue weighted by atomic mass is 10.2. The molecule has 0 radical (unpaired) electrons. The normalized spacial score (nSPS) is 10.2. The Kier molecular flexibility index (Phi) is 4.47. The number of carbonyl (C=O) groups excluding carboxylic acids is 1. The van der Waals surface area contributed by atoms with Gasteiger partial charge in [0.25, 0.3) is 5.91 Å². The summed E-state index contributed by atoms with van der Waals surface area (Å²) in [5.41, 5.74) is 1.53. The number of halogens is 2. The number of aromatic nitrogens is 1. The Hall–Kier alpha value is -3.28. The first-order chi connectivity index (χ1) is 11.6. The fraction of sp³-hybridized carbons (Fsp3) is 0. The number of rotatable bonds is 4. The Morgan fingerprint density at radius 2 is 1.71 bits per heavy atom. The Labute approximate surface area is 137 Å². The lowest BCUT2D eigenvalue weighted by molar-refractivity contribution is 0.102. The minimum absolute atomic E-state index is 0.107. The molecule has 120 valence electrons. The van der Waals surface area contributed by atoms with Gasteiger partial charge in [0.05, 0.1) is 5.69 Å². The smallest absolute Gasteiger partial charge is 0.274 e. The van der Waals surface area contributed by atoms with Gasteiger partial charge in [0.2, 0.25) is 0 Å². The zero-order valence-electron chi connectivity index (χ0n) is 12.5. The zero-order chi connectivity index (χ0) is 16.9. The van der Waals surface area contributed by atoms with E-state index in [2.05, 4.69) is 15.6 Å². The van der Waals surface area contributed by atoms with Gasteiger partial charge in [0, 0.05) is 23.6 Å². The van der Waals surface area contributed by atoms with Gasteiger partial charge in [-0.2, -0.15) is 0 Å². The Balaban J connectivity index is 1.77. The Morgan fingerprint density at radius 1 is 0.917 bits per heavy atom. The number of nitrogens with zero attached hydrogens (tertiary/aromatic N) is 1. The second-order valence-corrected chi connectivity index (χ2v) is 5.00. The number of hydrogen-bond acceptors (Lipinski definition) is 3. The van der Waals surface area contributed by atoms with Crippen LogP contribution in [-0.2, 0) is 0 Å². The molecule has 0 fully saturated rings. The number of anilines is 3. The predicted octanol–water partition coefficient (Wildman–Crippen LogP) is 4.36. The molecule has 0 bridgehead atoms. The van der Waals surface area contributed by atoms with E-state index in [0.29, 0.717) is 11.8 Å². The van der Waals surface area contributed by atoms with E-state index in [1.54, 1.807) is 12.1 Å². The first-order valence-electron chi connectivity index (χ1n) is 7.16. The molecule has 2 aromatic carbocycles. The molecular weight excluding hydrogens is 312 g/mol. The molecule has 4 nitrogen and oxygen atoms in total. The highest BCUT2D eigenvalue weighted by Gasteiger charge is 2.12. The van der Waals surface area contributed by atoms with E-state index in [1.165, 1.54) is 6.20 Å². The first kappa shape index (κ1) is 15.6. The van der Waals surface area contributed by atoms with E-state index in [1.807, 2.05) is 30.3 Å². The number of hydrogen-bond donors (Lipinski definition) is 2. The molecule has 6 heteroatoms. The summed E-state index contributed by atoms with van der Waals surface area (Å²) in [4.78, 5) is 16.2. The fourth-order valence-corrected chi connectivity index (χ4v) is 2.10. The van der Waals surface area contributed by atoms with Crippen molar-refractivity contribution >= 4 is 23.0 Å². The fourth-order valence-electron chi connectivity index (χ4n) is 2.10. The molecule has 0 spiro atoms. The lowest BCUT2D eigenvalue weighted by Crippen LogP contribution is -2.14. The van der Waals surface area contributed by atoms with E-state index in [0.717, 1.165) is 17.8 Å². The number of nitrogens with one attached hydrogen (secondary N) is 2. The average Bonchev–Trinajstić information content (AvgIpc) is 2.58. The largest absolute Gasteiger partial charge is 0.355 e. The second kappa shape index (κ2) is 6.87. The van der Waals surface area contributed by atoms with Crippen molar-refractivity contribution in [2.45, 2.75) is 0 Å². The molecule has 1 aromatic heterocycles. The SMILES string of the molecule is O=C(Nc1ccc(F)cc1F)c1cc(Nc2ccccc2)ccn1. The van der Waals surface area contributed by atoms with Crippen LogP contribution in [0, 0.1) is 11.6 Å². The maximum absolute atomic E-state index is 13.6. The molecule has 0 aliphatic rings. The number of pyridine rings is 1. The summed E-state index contributed by atoms with van der Waals surface area (Å²) < 4.78 is 26.5. The Morgan fingerprint density at radius 3 is 2.46 bits per heavy atom. The van der Waals surface area contributed by atoms with Gasteiger partial charge in [-0.15, -0.1) is 0 Å². The number of amides is 1. The van der Waals surface area contributed by atoms with Gasteiger partial charge < -0.3 is 10.6 Å². The topological polar surface area (TPSA) is 54.0 Å². The molecule has 0 aliphatic carbocycles. The summed E-state index contributed by atoms with van der Waals surface area (Å²) >= 11 is 0. The van der Waals surface area contributed by atoms with Crippen molar-refractivity contribution in [1.29, 1.82) is 0 Å². The first-order valence-corrected chi connectivity index (χ1v) is 7.16. The summed E-state index contributed by atoms with van der Waals surface area (Å²) in [5.74, 6) is -2.14. The molecular formula is C18H13F2N3O. The van der Waals surface area contributed by atoms with E-state index in [9.17, 15) is 13.6 Å². The van der Waals surface area contributed by atoms with Crippen molar-refractivity contribution in [2.75, 3.05) is 10.6 Å². The summed E-state index contributed by atoms with van der Waals surface area (Å²) in [6.07, 6.45) is 1.47. The number of benzene rings is 2. The van der Waals surface area contributed by atoms with Crippen LogP contribution in [0.3, 0.4) is 0 Å². The van der Waals surface area contributed by atoms with Crippen LogP contribution in [0.25, 0.3) is 0 Å². The third kappa shape index (κ3) is 3.73. The van der Waals surface area contributed by atoms with E-state index >= 15 is 0 Å². The van der Waals surface area contributed by atoms with Crippen molar-refractivity contribution < 1.29 is 13.6 Å². The monoisotopic (exact) mass is 325 g/mol. The quantitative estimate of drug-likeness (QED) is 0.749. The molecule has 0 saturated heterocycles. The van der Waals surface area contributed by atoms with Crippen molar-refractivity contribution in [3.63, 3.8) is 0 Å². The maximum Gasteiger partial charge on any atom is 0.274 e. The van der Waals surface area contributed by atoms with Gasteiger partial charge in [0.1, 0.15) is 17.3 Å². The minimum Gasteiger partial charge on any atom is -0.355 e. The molecule has 0 atom stereocenters. The van der Waals surface area contributed by atoms with Gasteiger partial charge in [-0.25, -0.2) is 8.78 Å². The maximum atomic E-state index is 13.6. The molecule has 1 amide bonds. The van der Waals surface area contributed by atoms with E-state index < -0.39 is 17.5 Å². The van der Waals surface area contributed by atoms with Crippen LogP contribution in [0.2, 0.25) is 0 Å². The van der Waals surface area contributed by atoms with Crippen LogP contribution in [0.1, 0.15) is 10.5 Å². The average molecular weight is 325 g/mol. The highest BCUT2D eigenvalue weighted by molar-refractivity contribution is 6.03. The van der Waals surface area contributed by atoms with Gasteiger partial charge in [-0.3, -0.25) is 9.78 Å². The molecule has 24 heavy (non-hydrogen) atoms. The van der Waals surface area contributed by atoms with Crippen LogP contribution < -0.4 is 10.6 Å².